The number of nitrogen functional groups attached to an aromatic ring is 1. The summed E-state index contributed by atoms with van der Waals surface area (Å²) in [4.78, 5) is 1.98. The third-order valence-corrected chi connectivity index (χ3v) is 2.83. The summed E-state index contributed by atoms with van der Waals surface area (Å²) in [6.07, 6.45) is 1.07. The molecule has 1 aromatic carbocycles. The molecule has 2 rings (SSSR count). The molecule has 0 fully saturated rings. The molecule has 0 radical (unpaired) electrons. The summed E-state index contributed by atoms with van der Waals surface area (Å²) >= 11 is 0. The molecule has 1 atom stereocenters. The minimum Gasteiger partial charge on any atom is -0.491 e. The third-order valence-electron chi connectivity index (χ3n) is 2.83. The van der Waals surface area contributed by atoms with E-state index in [2.05, 4.69) is 0 Å². The molecule has 0 aliphatic heterocycles. The van der Waals surface area contributed by atoms with Gasteiger partial charge in [-0.3, -0.25) is 4.90 Å². The van der Waals surface area contributed by atoms with Gasteiger partial charge in [0.2, 0.25) is 0 Å². The van der Waals surface area contributed by atoms with Crippen molar-refractivity contribution in [2.75, 3.05) is 25.9 Å². The van der Waals surface area contributed by atoms with E-state index in [1.165, 1.54) is 0 Å². The number of likely N-dealkylation sites (N-methyl/N-ethyl adjacent to an activating group) is 1. The van der Waals surface area contributed by atoms with E-state index in [1.807, 2.05) is 36.2 Å². The Morgan fingerprint density at radius 2 is 2.20 bits per heavy atom. The van der Waals surface area contributed by atoms with Crippen LogP contribution in [0.2, 0.25) is 0 Å². The summed E-state index contributed by atoms with van der Waals surface area (Å²) in [6.45, 7) is 1.39. The predicted octanol–water partition coefficient (Wildman–Crippen LogP) is 1.73. The summed E-state index contributed by atoms with van der Waals surface area (Å²) in [6, 6.07) is 10.9. The zero-order valence-corrected chi connectivity index (χ0v) is 11.5. The Morgan fingerprint density at radius 3 is 2.90 bits per heavy atom. The first kappa shape index (κ1) is 14.4. The molecule has 1 heterocycles. The van der Waals surface area contributed by atoms with E-state index in [0.717, 1.165) is 5.76 Å². The normalized spacial score (nSPS) is 12.6. The molecule has 0 aliphatic rings. The van der Waals surface area contributed by atoms with Crippen molar-refractivity contribution in [3.05, 3.63) is 48.4 Å². The fraction of sp³-hybridized carbons (Fsp3) is 0.333. The van der Waals surface area contributed by atoms with Crippen LogP contribution >= 0.6 is 0 Å². The average Bonchev–Trinajstić information content (AvgIpc) is 2.89. The molecule has 2 aromatic rings. The Hall–Kier alpha value is -1.98. The monoisotopic (exact) mass is 276 g/mol. The highest BCUT2D eigenvalue weighted by Gasteiger charge is 2.10. The Labute approximate surface area is 118 Å². The molecule has 1 aromatic heterocycles. The number of furan rings is 1. The number of nitrogens with zero attached hydrogens (tertiary/aromatic N) is 1. The molecule has 5 nitrogen and oxygen atoms in total. The number of aliphatic hydroxyl groups is 1. The van der Waals surface area contributed by atoms with Gasteiger partial charge in [-0.05, 0) is 31.3 Å². The fourth-order valence-electron chi connectivity index (χ4n) is 1.94. The number of hydrogen-bond donors (Lipinski definition) is 2. The molecule has 3 N–H and O–H groups in total. The second-order valence-corrected chi connectivity index (χ2v) is 4.81. The highest BCUT2D eigenvalue weighted by Crippen LogP contribution is 2.14. The minimum absolute atomic E-state index is 0.228. The van der Waals surface area contributed by atoms with Crippen LogP contribution in [0.4, 0.5) is 5.69 Å². The van der Waals surface area contributed by atoms with Gasteiger partial charge in [-0.2, -0.15) is 0 Å². The quantitative estimate of drug-likeness (QED) is 0.754. The Kier molecular flexibility index (Phi) is 5.03. The van der Waals surface area contributed by atoms with Gasteiger partial charge in [0.15, 0.2) is 0 Å². The average molecular weight is 276 g/mol. The summed E-state index contributed by atoms with van der Waals surface area (Å²) in [5.74, 6) is 1.54. The first-order chi connectivity index (χ1) is 9.63. The molecule has 1 unspecified atom stereocenters. The van der Waals surface area contributed by atoms with Gasteiger partial charge in [0.05, 0.1) is 12.8 Å². The fourth-order valence-corrected chi connectivity index (χ4v) is 1.94. The molecule has 0 saturated heterocycles. The highest BCUT2D eigenvalue weighted by atomic mass is 16.5. The van der Waals surface area contributed by atoms with E-state index in [4.69, 9.17) is 14.9 Å². The molecule has 5 heteroatoms. The highest BCUT2D eigenvalue weighted by molar-refractivity contribution is 5.43. The molecular weight excluding hydrogens is 256 g/mol. The molecule has 108 valence electrons. The van der Waals surface area contributed by atoms with Crippen LogP contribution < -0.4 is 10.5 Å². The number of hydrogen-bond acceptors (Lipinski definition) is 5. The smallest absolute Gasteiger partial charge is 0.121 e. The van der Waals surface area contributed by atoms with Crippen LogP contribution in [0.15, 0.2) is 47.1 Å². The number of nitrogens with two attached hydrogens (primary N) is 1. The molecule has 0 bridgehead atoms. The molecular formula is C15H20N2O3. The third kappa shape index (κ3) is 4.60. The van der Waals surface area contributed by atoms with Crippen LogP contribution in [0.5, 0.6) is 5.75 Å². The SMILES string of the molecule is CN(Cc1ccco1)CC(O)COc1cccc(N)c1. The van der Waals surface area contributed by atoms with Gasteiger partial charge in [0, 0.05) is 18.3 Å². The first-order valence-corrected chi connectivity index (χ1v) is 6.51. The van der Waals surface area contributed by atoms with Crippen molar-refractivity contribution in [2.45, 2.75) is 12.6 Å². The van der Waals surface area contributed by atoms with Crippen LogP contribution in [0, 0.1) is 0 Å². The van der Waals surface area contributed by atoms with Crippen molar-refractivity contribution in [1.82, 2.24) is 4.90 Å². The van der Waals surface area contributed by atoms with Crippen molar-refractivity contribution in [2.24, 2.45) is 0 Å². The van der Waals surface area contributed by atoms with Crippen molar-refractivity contribution in [3.8, 4) is 5.75 Å². The maximum atomic E-state index is 9.95. The van der Waals surface area contributed by atoms with Crippen molar-refractivity contribution < 1.29 is 14.3 Å². The zero-order valence-electron chi connectivity index (χ0n) is 11.5. The molecule has 0 amide bonds. The van der Waals surface area contributed by atoms with Gasteiger partial charge >= 0.3 is 0 Å². The number of aliphatic hydroxyl groups excluding tert-OH is 1. The lowest BCUT2D eigenvalue weighted by atomic mass is 10.3. The largest absolute Gasteiger partial charge is 0.491 e. The van der Waals surface area contributed by atoms with Gasteiger partial charge in [0.25, 0.3) is 0 Å². The maximum Gasteiger partial charge on any atom is 0.121 e. The van der Waals surface area contributed by atoms with Crippen LogP contribution in [0.1, 0.15) is 5.76 Å². The number of rotatable bonds is 7. The zero-order chi connectivity index (χ0) is 14.4. The lowest BCUT2D eigenvalue weighted by molar-refractivity contribution is 0.0725. The van der Waals surface area contributed by atoms with Gasteiger partial charge in [-0.15, -0.1) is 0 Å². The van der Waals surface area contributed by atoms with E-state index < -0.39 is 6.10 Å². The maximum absolute atomic E-state index is 9.95. The van der Waals surface area contributed by atoms with Gasteiger partial charge in [-0.1, -0.05) is 6.07 Å². The van der Waals surface area contributed by atoms with E-state index in [0.29, 0.717) is 24.5 Å². The first-order valence-electron chi connectivity index (χ1n) is 6.51. The summed E-state index contributed by atoms with van der Waals surface area (Å²) in [5.41, 5.74) is 6.31. The number of ether oxygens (including phenoxy) is 1. The van der Waals surface area contributed by atoms with Crippen molar-refractivity contribution >= 4 is 5.69 Å². The Bertz CT molecular complexity index is 514. The molecule has 0 aliphatic carbocycles. The lowest BCUT2D eigenvalue weighted by Gasteiger charge is -2.19. The Balaban J connectivity index is 1.73. The van der Waals surface area contributed by atoms with Crippen molar-refractivity contribution in [3.63, 3.8) is 0 Å². The lowest BCUT2D eigenvalue weighted by Crippen LogP contribution is -2.32. The van der Waals surface area contributed by atoms with Gasteiger partial charge in [-0.25, -0.2) is 0 Å². The second-order valence-electron chi connectivity index (χ2n) is 4.81. The summed E-state index contributed by atoms with van der Waals surface area (Å²) < 4.78 is 10.8. The van der Waals surface area contributed by atoms with Crippen LogP contribution in [-0.2, 0) is 6.54 Å². The van der Waals surface area contributed by atoms with E-state index in [1.54, 1.807) is 18.4 Å². The summed E-state index contributed by atoms with van der Waals surface area (Å²) in [5, 5.41) is 9.95. The second kappa shape index (κ2) is 6.98. The molecule has 0 spiro atoms. The molecule has 20 heavy (non-hydrogen) atoms. The number of benzene rings is 1. The van der Waals surface area contributed by atoms with Gasteiger partial charge in [0.1, 0.15) is 24.2 Å². The van der Waals surface area contributed by atoms with Crippen molar-refractivity contribution in [1.29, 1.82) is 0 Å². The minimum atomic E-state index is -0.573. The standard InChI is InChI=1S/C15H20N2O3/c1-17(10-15-6-3-7-19-15)9-13(18)11-20-14-5-2-4-12(16)8-14/h2-8,13,18H,9-11,16H2,1H3. The number of anilines is 1. The predicted molar refractivity (Wildman–Crippen MR) is 77.4 cm³/mol. The van der Waals surface area contributed by atoms with Crippen LogP contribution in [0.3, 0.4) is 0 Å². The molecule has 0 saturated carbocycles. The van der Waals surface area contributed by atoms with E-state index in [-0.39, 0.29) is 6.61 Å². The Morgan fingerprint density at radius 1 is 1.35 bits per heavy atom. The van der Waals surface area contributed by atoms with E-state index in [9.17, 15) is 5.11 Å². The van der Waals surface area contributed by atoms with Crippen LogP contribution in [-0.4, -0.2) is 36.3 Å². The van der Waals surface area contributed by atoms with E-state index >= 15 is 0 Å². The topological polar surface area (TPSA) is 71.9 Å². The summed E-state index contributed by atoms with van der Waals surface area (Å²) in [7, 11) is 1.92. The van der Waals surface area contributed by atoms with Gasteiger partial charge < -0.3 is 20.0 Å². The van der Waals surface area contributed by atoms with Crippen LogP contribution in [0.25, 0.3) is 0 Å².